The lowest BCUT2D eigenvalue weighted by atomic mass is 9.89. The normalized spacial score (nSPS) is 23.8. The van der Waals surface area contributed by atoms with Crippen LogP contribution < -0.4 is 0 Å². The highest BCUT2D eigenvalue weighted by molar-refractivity contribution is 5.74. The third kappa shape index (κ3) is 3.21. The fraction of sp³-hybridized carbons (Fsp3) is 0.588. The van der Waals surface area contributed by atoms with Crippen LogP contribution in [0.2, 0.25) is 0 Å². The molecule has 20 heavy (non-hydrogen) atoms. The second-order valence-electron chi connectivity index (χ2n) is 6.45. The van der Waals surface area contributed by atoms with Gasteiger partial charge in [-0.3, -0.25) is 9.69 Å². The lowest BCUT2D eigenvalue weighted by Gasteiger charge is -2.31. The number of carbonyl (C=O) groups excluding carboxylic acids is 1. The molecule has 1 aliphatic heterocycles. The summed E-state index contributed by atoms with van der Waals surface area (Å²) in [5.41, 5.74) is 1.31. The Morgan fingerprint density at radius 3 is 2.45 bits per heavy atom. The first-order valence-electron chi connectivity index (χ1n) is 7.40. The van der Waals surface area contributed by atoms with Gasteiger partial charge in [-0.05, 0) is 33.3 Å². The molecule has 2 atom stereocenters. The van der Waals surface area contributed by atoms with Crippen molar-refractivity contribution in [1.29, 1.82) is 0 Å². The molecule has 0 aliphatic carbocycles. The molecule has 0 aromatic heterocycles. The first kappa shape index (κ1) is 15.0. The zero-order valence-electron chi connectivity index (χ0n) is 12.9. The van der Waals surface area contributed by atoms with Crippen molar-refractivity contribution in [3.05, 3.63) is 35.9 Å². The van der Waals surface area contributed by atoms with E-state index in [0.717, 1.165) is 13.1 Å². The lowest BCUT2D eigenvalue weighted by Crippen LogP contribution is -2.40. The summed E-state index contributed by atoms with van der Waals surface area (Å²) in [5.74, 6) is 0.110. The molecular formula is C17H25NO2. The minimum absolute atomic E-state index is 0.0587. The monoisotopic (exact) mass is 275 g/mol. The van der Waals surface area contributed by atoms with Gasteiger partial charge in [-0.2, -0.15) is 0 Å². The molecule has 1 aromatic rings. The van der Waals surface area contributed by atoms with Crippen LogP contribution in [0.1, 0.15) is 39.2 Å². The van der Waals surface area contributed by atoms with Crippen molar-refractivity contribution in [2.45, 2.75) is 39.2 Å². The molecule has 0 N–H and O–H groups in total. The van der Waals surface area contributed by atoms with Gasteiger partial charge < -0.3 is 4.74 Å². The fourth-order valence-corrected chi connectivity index (χ4v) is 2.88. The number of ether oxygens (including phenoxy) is 1. The number of benzene rings is 1. The molecule has 1 heterocycles. The lowest BCUT2D eigenvalue weighted by molar-refractivity contribution is -0.148. The molecule has 1 saturated heterocycles. The largest absolute Gasteiger partial charge is 0.466 e. The molecule has 0 spiro atoms. The SMILES string of the molecule is CCOC(=O)[C@@H]1CN(C(C)(C)C)C[C@H]1c1ccccc1. The van der Waals surface area contributed by atoms with Crippen LogP contribution in [0.25, 0.3) is 0 Å². The third-order valence-electron chi connectivity index (χ3n) is 4.09. The summed E-state index contributed by atoms with van der Waals surface area (Å²) in [5, 5.41) is 0. The molecule has 0 bridgehead atoms. The Morgan fingerprint density at radius 2 is 1.90 bits per heavy atom. The van der Waals surface area contributed by atoms with Gasteiger partial charge in [-0.15, -0.1) is 0 Å². The van der Waals surface area contributed by atoms with Gasteiger partial charge in [-0.1, -0.05) is 30.3 Å². The standard InChI is InChI=1S/C17H25NO2/c1-5-20-16(19)15-12-18(17(2,3)4)11-14(15)13-9-7-6-8-10-13/h6-10,14-15H,5,11-12H2,1-4H3/t14-,15+/m0/s1. The maximum atomic E-state index is 12.3. The van der Waals surface area contributed by atoms with E-state index in [1.807, 2.05) is 25.1 Å². The van der Waals surface area contributed by atoms with Crippen LogP contribution in [0.3, 0.4) is 0 Å². The number of rotatable bonds is 3. The quantitative estimate of drug-likeness (QED) is 0.794. The molecule has 0 amide bonds. The van der Waals surface area contributed by atoms with Crippen LogP contribution in [-0.2, 0) is 9.53 Å². The Hall–Kier alpha value is -1.35. The van der Waals surface area contributed by atoms with E-state index in [1.165, 1.54) is 5.56 Å². The topological polar surface area (TPSA) is 29.5 Å². The van der Waals surface area contributed by atoms with Gasteiger partial charge in [0.05, 0.1) is 12.5 Å². The van der Waals surface area contributed by atoms with Crippen molar-refractivity contribution >= 4 is 5.97 Å². The molecule has 3 nitrogen and oxygen atoms in total. The molecule has 1 aromatic carbocycles. The Balaban J connectivity index is 2.24. The molecular weight excluding hydrogens is 250 g/mol. The highest BCUT2D eigenvalue weighted by Gasteiger charge is 2.42. The average Bonchev–Trinajstić information content (AvgIpc) is 2.85. The average molecular weight is 275 g/mol. The predicted molar refractivity (Wildman–Crippen MR) is 80.6 cm³/mol. The number of nitrogens with zero attached hydrogens (tertiary/aromatic N) is 1. The molecule has 2 rings (SSSR count). The summed E-state index contributed by atoms with van der Waals surface area (Å²) in [6, 6.07) is 10.3. The number of likely N-dealkylation sites (tertiary alicyclic amines) is 1. The van der Waals surface area contributed by atoms with Crippen molar-refractivity contribution in [3.8, 4) is 0 Å². The van der Waals surface area contributed by atoms with E-state index in [1.54, 1.807) is 0 Å². The first-order chi connectivity index (χ1) is 9.43. The molecule has 3 heteroatoms. The van der Waals surface area contributed by atoms with Gasteiger partial charge in [0, 0.05) is 24.5 Å². The summed E-state index contributed by atoms with van der Waals surface area (Å²) in [4.78, 5) is 14.6. The minimum Gasteiger partial charge on any atom is -0.466 e. The number of hydrogen-bond acceptors (Lipinski definition) is 3. The fourth-order valence-electron chi connectivity index (χ4n) is 2.88. The Labute approximate surface area is 121 Å². The van der Waals surface area contributed by atoms with E-state index < -0.39 is 0 Å². The van der Waals surface area contributed by atoms with Gasteiger partial charge >= 0.3 is 5.97 Å². The summed E-state index contributed by atoms with van der Waals surface area (Å²) < 4.78 is 5.27. The van der Waals surface area contributed by atoms with Crippen molar-refractivity contribution in [3.63, 3.8) is 0 Å². The minimum atomic E-state index is -0.0619. The maximum absolute atomic E-state index is 12.3. The van der Waals surface area contributed by atoms with E-state index >= 15 is 0 Å². The van der Waals surface area contributed by atoms with Gasteiger partial charge in [0.15, 0.2) is 0 Å². The van der Waals surface area contributed by atoms with Crippen molar-refractivity contribution in [2.75, 3.05) is 19.7 Å². The maximum Gasteiger partial charge on any atom is 0.310 e. The summed E-state index contributed by atoms with van der Waals surface area (Å²) in [6.45, 7) is 10.6. The second-order valence-corrected chi connectivity index (χ2v) is 6.45. The summed E-state index contributed by atoms with van der Waals surface area (Å²) in [7, 11) is 0. The van der Waals surface area contributed by atoms with E-state index in [2.05, 4.69) is 37.8 Å². The van der Waals surface area contributed by atoms with Crippen molar-refractivity contribution in [1.82, 2.24) is 4.90 Å². The van der Waals surface area contributed by atoms with Gasteiger partial charge in [0.1, 0.15) is 0 Å². The molecule has 0 saturated carbocycles. The molecule has 0 radical (unpaired) electrons. The molecule has 110 valence electrons. The van der Waals surface area contributed by atoms with Gasteiger partial charge in [0.2, 0.25) is 0 Å². The molecule has 1 aliphatic rings. The Bertz CT molecular complexity index is 450. The van der Waals surface area contributed by atoms with Crippen LogP contribution in [0.4, 0.5) is 0 Å². The van der Waals surface area contributed by atoms with E-state index in [0.29, 0.717) is 6.61 Å². The van der Waals surface area contributed by atoms with Gasteiger partial charge in [0.25, 0.3) is 0 Å². The highest BCUT2D eigenvalue weighted by atomic mass is 16.5. The molecule has 1 fully saturated rings. The summed E-state index contributed by atoms with van der Waals surface area (Å²) in [6.07, 6.45) is 0. The van der Waals surface area contributed by atoms with Crippen molar-refractivity contribution < 1.29 is 9.53 Å². The van der Waals surface area contributed by atoms with Crippen LogP contribution in [0.5, 0.6) is 0 Å². The smallest absolute Gasteiger partial charge is 0.310 e. The van der Waals surface area contributed by atoms with Crippen LogP contribution in [-0.4, -0.2) is 36.1 Å². The predicted octanol–water partition coefficient (Wildman–Crippen LogP) is 3.06. The van der Waals surface area contributed by atoms with Gasteiger partial charge in [-0.25, -0.2) is 0 Å². The van der Waals surface area contributed by atoms with Crippen molar-refractivity contribution in [2.24, 2.45) is 5.92 Å². The number of hydrogen-bond donors (Lipinski definition) is 0. The Kier molecular flexibility index (Phi) is 4.48. The summed E-state index contributed by atoms with van der Waals surface area (Å²) >= 11 is 0. The number of carbonyl (C=O) groups is 1. The first-order valence-corrected chi connectivity index (χ1v) is 7.40. The second kappa shape index (κ2) is 5.96. The number of esters is 1. The zero-order chi connectivity index (χ0) is 14.8. The zero-order valence-corrected chi connectivity index (χ0v) is 12.9. The Morgan fingerprint density at radius 1 is 1.25 bits per heavy atom. The highest BCUT2D eigenvalue weighted by Crippen LogP contribution is 2.36. The van der Waals surface area contributed by atoms with E-state index in [-0.39, 0.29) is 23.3 Å². The molecule has 0 unspecified atom stereocenters. The van der Waals surface area contributed by atoms with E-state index in [4.69, 9.17) is 4.74 Å². The van der Waals surface area contributed by atoms with Crippen LogP contribution in [0.15, 0.2) is 30.3 Å². The van der Waals surface area contributed by atoms with Crippen LogP contribution >= 0.6 is 0 Å². The van der Waals surface area contributed by atoms with E-state index in [9.17, 15) is 4.79 Å². The van der Waals surface area contributed by atoms with Crippen LogP contribution in [0, 0.1) is 5.92 Å². The third-order valence-corrected chi connectivity index (χ3v) is 4.09.